The number of unbranched alkanes of at least 4 members (excludes halogenated alkanes) is 4. The van der Waals surface area contributed by atoms with E-state index in [4.69, 9.17) is 0 Å². The third kappa shape index (κ3) is 3.78. The molecule has 2 aromatic rings. The molecule has 0 saturated carbocycles. The molecule has 0 heterocycles. The van der Waals surface area contributed by atoms with Crippen molar-refractivity contribution >= 4 is 10.8 Å². The molecular weight excluding hydrogens is 254 g/mol. The summed E-state index contributed by atoms with van der Waals surface area (Å²) >= 11 is 0. The van der Waals surface area contributed by atoms with Crippen molar-refractivity contribution in [2.45, 2.75) is 44.4 Å². The average molecular weight is 275 g/mol. The summed E-state index contributed by atoms with van der Waals surface area (Å²) in [5, 5.41) is 1.88. The Labute approximate surface area is 119 Å². The van der Waals surface area contributed by atoms with E-state index in [9.17, 15) is 8.78 Å². The van der Waals surface area contributed by atoms with Gasteiger partial charge in [0.1, 0.15) is 0 Å². The maximum Gasteiger partial charge on any atom is 0.273 e. The molecule has 0 amide bonds. The van der Waals surface area contributed by atoms with Gasteiger partial charge in [0.15, 0.2) is 0 Å². The van der Waals surface area contributed by atoms with Gasteiger partial charge in [-0.25, -0.2) is 8.78 Å². The van der Waals surface area contributed by atoms with Crippen LogP contribution in [0.25, 0.3) is 10.8 Å². The fourth-order valence-electron chi connectivity index (χ4n) is 2.44. The van der Waals surface area contributed by atoms with Crippen LogP contribution in [-0.4, -0.2) is 0 Å². The minimum atomic E-state index is -2.73. The molecule has 0 bridgehead atoms. The maximum atomic E-state index is 14.2. The van der Waals surface area contributed by atoms with Crippen molar-refractivity contribution < 1.29 is 8.78 Å². The molecule has 0 fully saturated rings. The van der Waals surface area contributed by atoms with E-state index in [0.717, 1.165) is 36.5 Å². The Bertz CT molecular complexity index is 546. The van der Waals surface area contributed by atoms with Crippen LogP contribution in [0.3, 0.4) is 0 Å². The van der Waals surface area contributed by atoms with Crippen molar-refractivity contribution in [3.8, 4) is 0 Å². The standard InChI is InChI=1S/C18H21F2/c1-2-3-4-5-8-13-18(19,20)17-12-11-15-9-6-7-10-16(15)14-17/h6-7,9-12,14H,1-5,8,13H2. The predicted octanol–water partition coefficient (Wildman–Crippen LogP) is 6.11. The quantitative estimate of drug-likeness (QED) is 0.535. The SMILES string of the molecule is [CH2]CCCCCCC(F)(F)c1ccc2ccccc2c1. The largest absolute Gasteiger partial charge is 0.273 e. The van der Waals surface area contributed by atoms with Gasteiger partial charge in [0.2, 0.25) is 0 Å². The zero-order valence-electron chi connectivity index (χ0n) is 11.7. The highest BCUT2D eigenvalue weighted by atomic mass is 19.3. The van der Waals surface area contributed by atoms with E-state index < -0.39 is 5.92 Å². The fraction of sp³-hybridized carbons (Fsp3) is 0.389. The van der Waals surface area contributed by atoms with Gasteiger partial charge >= 0.3 is 0 Å². The van der Waals surface area contributed by atoms with Crippen LogP contribution in [0.1, 0.15) is 44.1 Å². The van der Waals surface area contributed by atoms with Crippen LogP contribution < -0.4 is 0 Å². The van der Waals surface area contributed by atoms with Gasteiger partial charge < -0.3 is 0 Å². The third-order valence-corrected chi connectivity index (χ3v) is 3.66. The predicted molar refractivity (Wildman–Crippen MR) is 80.9 cm³/mol. The molecule has 2 aromatic carbocycles. The monoisotopic (exact) mass is 275 g/mol. The summed E-state index contributed by atoms with van der Waals surface area (Å²) in [6.45, 7) is 3.76. The highest BCUT2D eigenvalue weighted by Crippen LogP contribution is 2.35. The number of benzene rings is 2. The van der Waals surface area contributed by atoms with Gasteiger partial charge in [-0.05, 0) is 23.3 Å². The zero-order chi connectivity index (χ0) is 14.4. The number of hydrogen-bond acceptors (Lipinski definition) is 0. The van der Waals surface area contributed by atoms with E-state index in [1.54, 1.807) is 18.2 Å². The summed E-state index contributed by atoms with van der Waals surface area (Å²) in [7, 11) is 0. The number of hydrogen-bond donors (Lipinski definition) is 0. The van der Waals surface area contributed by atoms with Crippen LogP contribution in [0.4, 0.5) is 8.78 Å². The van der Waals surface area contributed by atoms with Gasteiger partial charge in [0, 0.05) is 12.0 Å². The van der Waals surface area contributed by atoms with Gasteiger partial charge in [-0.1, -0.05) is 69.0 Å². The second kappa shape index (κ2) is 6.83. The number of alkyl halides is 2. The van der Waals surface area contributed by atoms with E-state index >= 15 is 0 Å². The first-order valence-electron chi connectivity index (χ1n) is 7.30. The van der Waals surface area contributed by atoms with Crippen molar-refractivity contribution in [1.82, 2.24) is 0 Å². The normalized spacial score (nSPS) is 11.9. The molecule has 0 atom stereocenters. The fourth-order valence-corrected chi connectivity index (χ4v) is 2.44. The molecule has 0 N–H and O–H groups in total. The smallest absolute Gasteiger partial charge is 0.201 e. The number of halogens is 2. The lowest BCUT2D eigenvalue weighted by atomic mass is 9.98. The van der Waals surface area contributed by atoms with E-state index in [1.165, 1.54) is 0 Å². The van der Waals surface area contributed by atoms with Crippen molar-refractivity contribution in [2.75, 3.05) is 0 Å². The first-order valence-corrected chi connectivity index (χ1v) is 7.30. The zero-order valence-corrected chi connectivity index (χ0v) is 11.7. The third-order valence-electron chi connectivity index (χ3n) is 3.66. The van der Waals surface area contributed by atoms with Crippen LogP contribution in [-0.2, 0) is 5.92 Å². The molecule has 0 nitrogen and oxygen atoms in total. The molecule has 0 saturated heterocycles. The van der Waals surface area contributed by atoms with E-state index in [2.05, 4.69) is 6.92 Å². The molecule has 0 aliphatic rings. The Morgan fingerprint density at radius 2 is 1.55 bits per heavy atom. The lowest BCUT2D eigenvalue weighted by Crippen LogP contribution is -2.13. The van der Waals surface area contributed by atoms with Crippen molar-refractivity contribution in [3.05, 3.63) is 55.0 Å². The van der Waals surface area contributed by atoms with Gasteiger partial charge in [-0.2, -0.15) is 0 Å². The van der Waals surface area contributed by atoms with Crippen molar-refractivity contribution in [2.24, 2.45) is 0 Å². The molecule has 1 radical (unpaired) electrons. The lowest BCUT2D eigenvalue weighted by Gasteiger charge is -2.17. The highest BCUT2D eigenvalue weighted by Gasteiger charge is 2.30. The summed E-state index contributed by atoms with van der Waals surface area (Å²) < 4.78 is 28.4. The summed E-state index contributed by atoms with van der Waals surface area (Å²) in [6, 6.07) is 12.6. The average Bonchev–Trinajstić information content (AvgIpc) is 2.46. The summed E-state index contributed by atoms with van der Waals surface area (Å²) in [4.78, 5) is 0. The molecule has 0 aromatic heterocycles. The Balaban J connectivity index is 2.02. The van der Waals surface area contributed by atoms with Crippen LogP contribution in [0.5, 0.6) is 0 Å². The summed E-state index contributed by atoms with van der Waals surface area (Å²) in [6.07, 6.45) is 4.28. The summed E-state index contributed by atoms with van der Waals surface area (Å²) in [5.41, 5.74) is 0.133. The second-order valence-corrected chi connectivity index (χ2v) is 5.28. The minimum absolute atomic E-state index is 0.0670. The van der Waals surface area contributed by atoms with E-state index in [-0.39, 0.29) is 12.0 Å². The lowest BCUT2D eigenvalue weighted by molar-refractivity contribution is -0.0157. The molecule has 0 aliphatic heterocycles. The van der Waals surface area contributed by atoms with Crippen LogP contribution in [0.15, 0.2) is 42.5 Å². The topological polar surface area (TPSA) is 0 Å². The Morgan fingerprint density at radius 1 is 0.850 bits per heavy atom. The van der Waals surface area contributed by atoms with E-state index in [1.807, 2.05) is 24.3 Å². The second-order valence-electron chi connectivity index (χ2n) is 5.28. The molecule has 0 spiro atoms. The first kappa shape index (κ1) is 15.0. The van der Waals surface area contributed by atoms with Crippen LogP contribution >= 0.6 is 0 Å². The van der Waals surface area contributed by atoms with E-state index in [0.29, 0.717) is 6.42 Å². The molecular formula is C18H21F2. The molecule has 2 rings (SSSR count). The van der Waals surface area contributed by atoms with Crippen LogP contribution in [0.2, 0.25) is 0 Å². The van der Waals surface area contributed by atoms with Crippen LogP contribution in [0, 0.1) is 6.92 Å². The molecule has 2 heteroatoms. The van der Waals surface area contributed by atoms with Gasteiger partial charge in [0.25, 0.3) is 5.92 Å². The Hall–Kier alpha value is -1.44. The minimum Gasteiger partial charge on any atom is -0.201 e. The van der Waals surface area contributed by atoms with Crippen molar-refractivity contribution in [1.29, 1.82) is 0 Å². The molecule has 0 aliphatic carbocycles. The van der Waals surface area contributed by atoms with Gasteiger partial charge in [0.05, 0.1) is 0 Å². The maximum absolute atomic E-state index is 14.2. The molecule has 20 heavy (non-hydrogen) atoms. The molecule has 0 unspecified atom stereocenters. The Morgan fingerprint density at radius 3 is 2.30 bits per heavy atom. The first-order chi connectivity index (χ1) is 9.63. The highest BCUT2D eigenvalue weighted by molar-refractivity contribution is 5.83. The number of rotatable bonds is 7. The van der Waals surface area contributed by atoms with Gasteiger partial charge in [-0.3, -0.25) is 0 Å². The van der Waals surface area contributed by atoms with Gasteiger partial charge in [-0.15, -0.1) is 0 Å². The Kier molecular flexibility index (Phi) is 5.11. The van der Waals surface area contributed by atoms with Crippen molar-refractivity contribution in [3.63, 3.8) is 0 Å². The molecule has 107 valence electrons. The number of fused-ring (bicyclic) bond motifs is 1. The summed E-state index contributed by atoms with van der Waals surface area (Å²) in [5.74, 6) is -2.73.